The Labute approximate surface area is 156 Å². The molecule has 1 saturated heterocycles. The molecule has 10 heteroatoms. The number of anilines is 1. The summed E-state index contributed by atoms with van der Waals surface area (Å²) in [7, 11) is 0. The molecule has 1 atom stereocenters. The van der Waals surface area contributed by atoms with Crippen LogP contribution in [0.3, 0.4) is 0 Å². The van der Waals surface area contributed by atoms with Crippen LogP contribution in [0.5, 0.6) is 0 Å². The van der Waals surface area contributed by atoms with Crippen LogP contribution in [0.15, 0.2) is 12.1 Å². The number of ether oxygens (including phenoxy) is 2. The summed E-state index contributed by atoms with van der Waals surface area (Å²) in [6, 6.07) is 3.09. The topological polar surface area (TPSA) is 111 Å². The molecule has 0 spiro atoms. The van der Waals surface area contributed by atoms with Crippen molar-refractivity contribution in [2.75, 3.05) is 37.8 Å². The third-order valence-electron chi connectivity index (χ3n) is 4.24. The van der Waals surface area contributed by atoms with Gasteiger partial charge in [0.05, 0.1) is 19.8 Å². The number of hydrogen-bond acceptors (Lipinski definition) is 8. The van der Waals surface area contributed by atoms with E-state index < -0.39 is 12.0 Å². The number of rotatable bonds is 7. The molecule has 0 aromatic carbocycles. The van der Waals surface area contributed by atoms with E-state index in [9.17, 15) is 9.59 Å². The highest BCUT2D eigenvalue weighted by Crippen LogP contribution is 2.14. The molecule has 1 aliphatic heterocycles. The number of amides is 1. The monoisotopic (exact) mass is 376 g/mol. The van der Waals surface area contributed by atoms with Gasteiger partial charge in [-0.1, -0.05) is 0 Å². The van der Waals surface area contributed by atoms with Gasteiger partial charge in [0.25, 0.3) is 0 Å². The van der Waals surface area contributed by atoms with Crippen molar-refractivity contribution in [1.29, 1.82) is 0 Å². The Morgan fingerprint density at radius 1 is 1.30 bits per heavy atom. The molecule has 1 amide bonds. The molecule has 0 saturated carbocycles. The second kappa shape index (κ2) is 8.76. The highest BCUT2D eigenvalue weighted by molar-refractivity contribution is 5.84. The van der Waals surface area contributed by atoms with Crippen LogP contribution in [-0.2, 0) is 25.5 Å². The summed E-state index contributed by atoms with van der Waals surface area (Å²) in [4.78, 5) is 25.8. The summed E-state index contributed by atoms with van der Waals surface area (Å²) >= 11 is 0. The molecule has 27 heavy (non-hydrogen) atoms. The van der Waals surface area contributed by atoms with E-state index in [0.717, 1.165) is 18.9 Å². The molecule has 2 aromatic heterocycles. The molecular weight excluding hydrogens is 352 g/mol. The maximum absolute atomic E-state index is 12.1. The zero-order valence-corrected chi connectivity index (χ0v) is 15.6. The van der Waals surface area contributed by atoms with Gasteiger partial charge in [0.2, 0.25) is 5.91 Å². The third-order valence-corrected chi connectivity index (χ3v) is 4.24. The first-order chi connectivity index (χ1) is 13.1. The fraction of sp³-hybridized carbons (Fsp3) is 0.588. The van der Waals surface area contributed by atoms with Crippen molar-refractivity contribution in [3.05, 3.63) is 18.0 Å². The van der Waals surface area contributed by atoms with E-state index in [2.05, 4.69) is 25.5 Å². The van der Waals surface area contributed by atoms with Crippen LogP contribution in [0.25, 0.3) is 5.65 Å². The quantitative estimate of drug-likeness (QED) is 0.670. The molecule has 1 fully saturated rings. The summed E-state index contributed by atoms with van der Waals surface area (Å²) in [5, 5.41) is 15.5. The summed E-state index contributed by atoms with van der Waals surface area (Å²) in [5.41, 5.74) is 0.627. The van der Waals surface area contributed by atoms with Crippen molar-refractivity contribution in [3.8, 4) is 0 Å². The SMILES string of the molecule is CCOC(=O)[C@H](C)NC(=O)CCc1nnc2ccc(N3CCOCC3)nn12. The van der Waals surface area contributed by atoms with Crippen LogP contribution in [0, 0.1) is 0 Å². The lowest BCUT2D eigenvalue weighted by atomic mass is 10.2. The first-order valence-corrected chi connectivity index (χ1v) is 9.08. The fourth-order valence-electron chi connectivity index (χ4n) is 2.81. The molecule has 146 valence electrons. The Morgan fingerprint density at radius 3 is 2.81 bits per heavy atom. The Bertz CT molecular complexity index is 802. The van der Waals surface area contributed by atoms with E-state index in [0.29, 0.717) is 31.1 Å². The lowest BCUT2D eigenvalue weighted by Gasteiger charge is -2.27. The van der Waals surface area contributed by atoms with Crippen molar-refractivity contribution in [3.63, 3.8) is 0 Å². The fourth-order valence-corrected chi connectivity index (χ4v) is 2.81. The molecular formula is C17H24N6O4. The molecule has 10 nitrogen and oxygen atoms in total. The standard InChI is InChI=1S/C17H24N6O4/c1-3-27-17(25)12(2)18-16(24)7-6-14-20-19-13-4-5-15(21-23(13)14)22-8-10-26-11-9-22/h4-5,12H,3,6-11H2,1-2H3,(H,18,24)/t12-/m0/s1. The number of carbonyl (C=O) groups excluding carboxylic acids is 2. The number of aryl methyl sites for hydroxylation is 1. The Balaban J connectivity index is 1.62. The maximum Gasteiger partial charge on any atom is 0.328 e. The van der Waals surface area contributed by atoms with Crippen LogP contribution >= 0.6 is 0 Å². The summed E-state index contributed by atoms with van der Waals surface area (Å²) in [6.07, 6.45) is 0.538. The van der Waals surface area contributed by atoms with Crippen LogP contribution in [0.1, 0.15) is 26.1 Å². The van der Waals surface area contributed by atoms with Crippen LogP contribution in [-0.4, -0.2) is 70.6 Å². The third kappa shape index (κ3) is 4.70. The van der Waals surface area contributed by atoms with Gasteiger partial charge in [0.1, 0.15) is 11.9 Å². The van der Waals surface area contributed by atoms with E-state index in [1.54, 1.807) is 18.4 Å². The van der Waals surface area contributed by atoms with E-state index in [1.807, 2.05) is 12.1 Å². The van der Waals surface area contributed by atoms with E-state index in [4.69, 9.17) is 9.47 Å². The van der Waals surface area contributed by atoms with Gasteiger partial charge in [-0.25, -0.2) is 4.79 Å². The molecule has 0 unspecified atom stereocenters. The Kier molecular flexibility index (Phi) is 6.17. The number of nitrogens with one attached hydrogen (secondary N) is 1. The number of morpholine rings is 1. The lowest BCUT2D eigenvalue weighted by molar-refractivity contribution is -0.146. The maximum atomic E-state index is 12.1. The molecule has 1 N–H and O–H groups in total. The van der Waals surface area contributed by atoms with E-state index >= 15 is 0 Å². The smallest absolute Gasteiger partial charge is 0.328 e. The predicted molar refractivity (Wildman–Crippen MR) is 96.4 cm³/mol. The van der Waals surface area contributed by atoms with Crippen molar-refractivity contribution < 1.29 is 19.1 Å². The lowest BCUT2D eigenvalue weighted by Crippen LogP contribution is -2.39. The van der Waals surface area contributed by atoms with Crippen LogP contribution in [0.2, 0.25) is 0 Å². The van der Waals surface area contributed by atoms with Gasteiger partial charge < -0.3 is 19.7 Å². The molecule has 0 bridgehead atoms. The number of hydrogen-bond donors (Lipinski definition) is 1. The minimum Gasteiger partial charge on any atom is -0.464 e. The van der Waals surface area contributed by atoms with Crippen LogP contribution < -0.4 is 10.2 Å². The molecule has 1 aliphatic rings. The Morgan fingerprint density at radius 2 is 2.07 bits per heavy atom. The van der Waals surface area contributed by atoms with Crippen molar-refractivity contribution >= 4 is 23.3 Å². The summed E-state index contributed by atoms with van der Waals surface area (Å²) < 4.78 is 11.9. The van der Waals surface area contributed by atoms with Gasteiger partial charge in [-0.3, -0.25) is 4.79 Å². The molecule has 0 radical (unpaired) electrons. The highest BCUT2D eigenvalue weighted by atomic mass is 16.5. The number of carbonyl (C=O) groups is 2. The van der Waals surface area contributed by atoms with Crippen molar-refractivity contribution in [2.24, 2.45) is 0 Å². The summed E-state index contributed by atoms with van der Waals surface area (Å²) in [6.45, 7) is 6.51. The zero-order chi connectivity index (χ0) is 19.2. The molecule has 2 aromatic rings. The minimum absolute atomic E-state index is 0.175. The Hall–Kier alpha value is -2.75. The normalized spacial score (nSPS) is 15.6. The van der Waals surface area contributed by atoms with Gasteiger partial charge in [0, 0.05) is 25.9 Å². The summed E-state index contributed by atoms with van der Waals surface area (Å²) in [5.74, 6) is 0.721. The number of nitrogens with zero attached hydrogens (tertiary/aromatic N) is 5. The average molecular weight is 376 g/mol. The van der Waals surface area contributed by atoms with Gasteiger partial charge >= 0.3 is 5.97 Å². The zero-order valence-electron chi connectivity index (χ0n) is 15.6. The van der Waals surface area contributed by atoms with Crippen LogP contribution in [0.4, 0.5) is 5.82 Å². The largest absolute Gasteiger partial charge is 0.464 e. The van der Waals surface area contributed by atoms with E-state index in [-0.39, 0.29) is 18.9 Å². The molecule has 0 aliphatic carbocycles. The predicted octanol–water partition coefficient (Wildman–Crippen LogP) is -0.0387. The second-order valence-electron chi connectivity index (χ2n) is 6.22. The second-order valence-corrected chi connectivity index (χ2v) is 6.22. The molecule has 3 rings (SSSR count). The molecule has 3 heterocycles. The van der Waals surface area contributed by atoms with E-state index in [1.165, 1.54) is 0 Å². The van der Waals surface area contributed by atoms with Gasteiger partial charge in [-0.15, -0.1) is 15.3 Å². The van der Waals surface area contributed by atoms with Gasteiger partial charge in [-0.2, -0.15) is 4.52 Å². The van der Waals surface area contributed by atoms with Gasteiger partial charge in [0.15, 0.2) is 11.5 Å². The average Bonchev–Trinajstić information content (AvgIpc) is 3.09. The number of fused-ring (bicyclic) bond motifs is 1. The van der Waals surface area contributed by atoms with Crippen molar-refractivity contribution in [1.82, 2.24) is 25.1 Å². The highest BCUT2D eigenvalue weighted by Gasteiger charge is 2.18. The van der Waals surface area contributed by atoms with Gasteiger partial charge in [-0.05, 0) is 26.0 Å². The minimum atomic E-state index is -0.682. The first-order valence-electron chi connectivity index (χ1n) is 9.08. The first kappa shape index (κ1) is 19.0. The number of aromatic nitrogens is 4. The number of esters is 1. The van der Waals surface area contributed by atoms with Crippen molar-refractivity contribution in [2.45, 2.75) is 32.7 Å².